The fourth-order valence-corrected chi connectivity index (χ4v) is 2.61. The summed E-state index contributed by atoms with van der Waals surface area (Å²) < 4.78 is 10.3. The lowest BCUT2D eigenvalue weighted by Crippen LogP contribution is -2.40. The lowest BCUT2D eigenvalue weighted by atomic mass is 10.2. The first-order valence-corrected chi connectivity index (χ1v) is 8.30. The quantitative estimate of drug-likeness (QED) is 0.858. The molecule has 1 aromatic carbocycles. The van der Waals surface area contributed by atoms with Gasteiger partial charge in [0.2, 0.25) is 0 Å². The van der Waals surface area contributed by atoms with Crippen LogP contribution in [-0.2, 0) is 9.47 Å². The van der Waals surface area contributed by atoms with E-state index >= 15 is 0 Å². The zero-order valence-electron chi connectivity index (χ0n) is 14.8. The average molecular weight is 334 g/mol. The normalized spacial score (nSPS) is 17.5. The minimum atomic E-state index is -0.495. The highest BCUT2D eigenvalue weighted by molar-refractivity contribution is 5.89. The Morgan fingerprint density at radius 3 is 2.50 bits per heavy atom. The van der Waals surface area contributed by atoms with E-state index in [2.05, 4.69) is 10.2 Å². The number of anilines is 1. The SMILES string of the molecule is CCOC(=O)c1ccc(N2CCC(NC(=O)OC(C)(C)C)C2)cc1. The molecule has 6 nitrogen and oxygen atoms in total. The molecular weight excluding hydrogens is 308 g/mol. The molecule has 1 saturated heterocycles. The number of benzene rings is 1. The Morgan fingerprint density at radius 1 is 1.25 bits per heavy atom. The number of rotatable bonds is 4. The predicted molar refractivity (Wildman–Crippen MR) is 92.4 cm³/mol. The first kappa shape index (κ1) is 18.1. The average Bonchev–Trinajstić information content (AvgIpc) is 2.94. The fraction of sp³-hybridized carbons (Fsp3) is 0.556. The molecule has 24 heavy (non-hydrogen) atoms. The molecule has 1 unspecified atom stereocenters. The Morgan fingerprint density at radius 2 is 1.92 bits per heavy atom. The molecule has 1 heterocycles. The van der Waals surface area contributed by atoms with Gasteiger partial charge in [-0.15, -0.1) is 0 Å². The van der Waals surface area contributed by atoms with E-state index in [0.717, 1.165) is 25.2 Å². The van der Waals surface area contributed by atoms with E-state index in [4.69, 9.17) is 9.47 Å². The molecule has 0 bridgehead atoms. The molecule has 2 rings (SSSR count). The van der Waals surface area contributed by atoms with Gasteiger partial charge in [-0.2, -0.15) is 0 Å². The molecule has 6 heteroatoms. The van der Waals surface area contributed by atoms with Crippen LogP contribution in [0.25, 0.3) is 0 Å². The number of esters is 1. The van der Waals surface area contributed by atoms with E-state index in [1.807, 2.05) is 32.9 Å². The minimum absolute atomic E-state index is 0.0598. The molecule has 0 aliphatic carbocycles. The molecule has 0 aromatic heterocycles. The monoisotopic (exact) mass is 334 g/mol. The lowest BCUT2D eigenvalue weighted by molar-refractivity contribution is 0.0503. The Hall–Kier alpha value is -2.24. The van der Waals surface area contributed by atoms with Crippen LogP contribution in [0, 0.1) is 0 Å². The van der Waals surface area contributed by atoms with Crippen LogP contribution in [0.2, 0.25) is 0 Å². The van der Waals surface area contributed by atoms with Crippen LogP contribution < -0.4 is 10.2 Å². The molecule has 1 aliphatic heterocycles. The Kier molecular flexibility index (Phi) is 5.70. The van der Waals surface area contributed by atoms with E-state index in [-0.39, 0.29) is 18.1 Å². The van der Waals surface area contributed by atoms with E-state index in [0.29, 0.717) is 12.2 Å². The number of carbonyl (C=O) groups is 2. The molecule has 1 aliphatic rings. The van der Waals surface area contributed by atoms with Gasteiger partial charge in [0, 0.05) is 18.8 Å². The van der Waals surface area contributed by atoms with Crippen LogP contribution in [0.4, 0.5) is 10.5 Å². The van der Waals surface area contributed by atoms with Crippen LogP contribution in [0.3, 0.4) is 0 Å². The molecule has 1 atom stereocenters. The van der Waals surface area contributed by atoms with Crippen LogP contribution in [0.15, 0.2) is 24.3 Å². The summed E-state index contributed by atoms with van der Waals surface area (Å²) in [5, 5.41) is 2.90. The van der Waals surface area contributed by atoms with E-state index in [1.54, 1.807) is 19.1 Å². The van der Waals surface area contributed by atoms with Crippen molar-refractivity contribution in [3.8, 4) is 0 Å². The Labute approximate surface area is 143 Å². The maximum atomic E-state index is 11.8. The second kappa shape index (κ2) is 7.55. The van der Waals surface area contributed by atoms with Gasteiger partial charge < -0.3 is 19.7 Å². The molecule has 0 spiro atoms. The summed E-state index contributed by atoms with van der Waals surface area (Å²) in [5.41, 5.74) is 1.07. The standard InChI is InChI=1S/C18H26N2O4/c1-5-23-16(21)13-6-8-15(9-7-13)20-11-10-14(12-20)19-17(22)24-18(2,3)4/h6-9,14H,5,10-12H2,1-4H3,(H,19,22). The summed E-state index contributed by atoms with van der Waals surface area (Å²) in [6.07, 6.45) is 0.478. The van der Waals surface area contributed by atoms with Crippen LogP contribution in [0.5, 0.6) is 0 Å². The van der Waals surface area contributed by atoms with Crippen molar-refractivity contribution in [3.05, 3.63) is 29.8 Å². The number of nitrogens with one attached hydrogen (secondary N) is 1. The van der Waals surface area contributed by atoms with Crippen LogP contribution in [0.1, 0.15) is 44.5 Å². The van der Waals surface area contributed by atoms with Gasteiger partial charge >= 0.3 is 12.1 Å². The highest BCUT2D eigenvalue weighted by atomic mass is 16.6. The van der Waals surface area contributed by atoms with Crippen LogP contribution >= 0.6 is 0 Å². The predicted octanol–water partition coefficient (Wildman–Crippen LogP) is 2.97. The third kappa shape index (κ3) is 5.15. The third-order valence-electron chi connectivity index (χ3n) is 3.65. The van der Waals surface area contributed by atoms with Crippen molar-refractivity contribution in [2.75, 3.05) is 24.6 Å². The summed E-state index contributed by atoms with van der Waals surface area (Å²) in [4.78, 5) is 25.7. The van der Waals surface area contributed by atoms with Crippen molar-refractivity contribution in [2.45, 2.75) is 45.8 Å². The van der Waals surface area contributed by atoms with E-state index in [1.165, 1.54) is 0 Å². The molecule has 1 N–H and O–H groups in total. The highest BCUT2D eigenvalue weighted by Gasteiger charge is 2.26. The maximum Gasteiger partial charge on any atom is 0.407 e. The number of alkyl carbamates (subject to hydrolysis) is 1. The number of nitrogens with zero attached hydrogens (tertiary/aromatic N) is 1. The van der Waals surface area contributed by atoms with Crippen molar-refractivity contribution < 1.29 is 19.1 Å². The molecule has 1 fully saturated rings. The number of ether oxygens (including phenoxy) is 2. The maximum absolute atomic E-state index is 11.8. The largest absolute Gasteiger partial charge is 0.462 e. The first-order valence-electron chi connectivity index (χ1n) is 8.30. The number of hydrogen-bond acceptors (Lipinski definition) is 5. The van der Waals surface area contributed by atoms with E-state index in [9.17, 15) is 9.59 Å². The van der Waals surface area contributed by atoms with Gasteiger partial charge in [0.25, 0.3) is 0 Å². The zero-order chi connectivity index (χ0) is 17.7. The number of amides is 1. The van der Waals surface area contributed by atoms with Gasteiger partial charge in [0.15, 0.2) is 0 Å². The van der Waals surface area contributed by atoms with Gasteiger partial charge in [-0.25, -0.2) is 9.59 Å². The van der Waals surface area contributed by atoms with Crippen molar-refractivity contribution >= 4 is 17.7 Å². The summed E-state index contributed by atoms with van der Waals surface area (Å²) in [7, 11) is 0. The van der Waals surface area contributed by atoms with Gasteiger partial charge in [0.05, 0.1) is 18.2 Å². The smallest absolute Gasteiger partial charge is 0.407 e. The van der Waals surface area contributed by atoms with Gasteiger partial charge in [-0.05, 0) is 58.4 Å². The van der Waals surface area contributed by atoms with Crippen molar-refractivity contribution in [2.24, 2.45) is 0 Å². The van der Waals surface area contributed by atoms with Crippen molar-refractivity contribution in [3.63, 3.8) is 0 Å². The molecule has 0 radical (unpaired) electrons. The minimum Gasteiger partial charge on any atom is -0.462 e. The summed E-state index contributed by atoms with van der Waals surface area (Å²) in [5.74, 6) is -0.310. The second-order valence-corrected chi connectivity index (χ2v) is 6.85. The van der Waals surface area contributed by atoms with Crippen molar-refractivity contribution in [1.29, 1.82) is 0 Å². The topological polar surface area (TPSA) is 67.9 Å². The fourth-order valence-electron chi connectivity index (χ4n) is 2.61. The highest BCUT2D eigenvalue weighted by Crippen LogP contribution is 2.21. The first-order chi connectivity index (χ1) is 11.3. The lowest BCUT2D eigenvalue weighted by Gasteiger charge is -2.22. The molecule has 0 saturated carbocycles. The molecule has 1 aromatic rings. The van der Waals surface area contributed by atoms with Gasteiger partial charge in [0.1, 0.15) is 5.60 Å². The molecule has 1 amide bonds. The van der Waals surface area contributed by atoms with E-state index < -0.39 is 5.60 Å². The second-order valence-electron chi connectivity index (χ2n) is 6.85. The van der Waals surface area contributed by atoms with Gasteiger partial charge in [-0.3, -0.25) is 0 Å². The molecule has 132 valence electrons. The number of hydrogen-bond donors (Lipinski definition) is 1. The summed E-state index contributed by atoms with van der Waals surface area (Å²) >= 11 is 0. The summed E-state index contributed by atoms with van der Waals surface area (Å²) in [6, 6.07) is 7.40. The number of carbonyl (C=O) groups excluding carboxylic acids is 2. The molecular formula is C18H26N2O4. The zero-order valence-corrected chi connectivity index (χ0v) is 14.8. The van der Waals surface area contributed by atoms with Crippen LogP contribution in [-0.4, -0.2) is 43.4 Å². The Balaban J connectivity index is 1.89. The van der Waals surface area contributed by atoms with Gasteiger partial charge in [-0.1, -0.05) is 0 Å². The Bertz CT molecular complexity index is 578. The summed E-state index contributed by atoms with van der Waals surface area (Å²) in [6.45, 7) is 9.26. The third-order valence-corrected chi connectivity index (χ3v) is 3.65. The van der Waals surface area contributed by atoms with Crippen molar-refractivity contribution in [1.82, 2.24) is 5.32 Å².